The first-order valence-electron chi connectivity index (χ1n) is 42.3. The number of ether oxygens (including phenoxy) is 8. The van der Waals surface area contributed by atoms with Crippen LogP contribution in [0.1, 0.15) is 106 Å². The Hall–Kier alpha value is -13.9. The molecule has 0 amide bonds. The molecule has 0 fully saturated rings. The van der Waals surface area contributed by atoms with Gasteiger partial charge in [-0.3, -0.25) is 4.99 Å². The van der Waals surface area contributed by atoms with Gasteiger partial charge in [0.25, 0.3) is 29.5 Å². The lowest BCUT2D eigenvalue weighted by atomic mass is 10.1. The Balaban J connectivity index is 0.000000137. The van der Waals surface area contributed by atoms with Crippen molar-refractivity contribution >= 4 is 33.0 Å². The third kappa shape index (κ3) is 23.6. The summed E-state index contributed by atoms with van der Waals surface area (Å²) in [7, 11) is 0. The van der Waals surface area contributed by atoms with E-state index in [2.05, 4.69) is 147 Å². The van der Waals surface area contributed by atoms with E-state index in [0.29, 0.717) is 157 Å². The van der Waals surface area contributed by atoms with Crippen LogP contribution in [0, 0.1) is 27.7 Å². The molecule has 0 atom stereocenters. The maximum Gasteiger partial charge on any atom is 0.268 e. The molecule has 0 unspecified atom stereocenters. The number of hydrogen-bond acceptors (Lipinski definition) is 27. The van der Waals surface area contributed by atoms with E-state index in [9.17, 15) is 5.11 Å². The van der Waals surface area contributed by atoms with Gasteiger partial charge in [0.1, 0.15) is 0 Å². The van der Waals surface area contributed by atoms with Crippen LogP contribution in [0.25, 0.3) is 125 Å². The molecule has 0 saturated heterocycles. The number of aliphatic hydroxyl groups is 2. The molecule has 0 radical (unpaired) electrons. The molecule has 17 rings (SSSR count). The average molecular weight is 1810 g/mol. The Morgan fingerprint density at radius 3 is 1.06 bits per heavy atom. The smallest absolute Gasteiger partial charge is 0.268 e. The van der Waals surface area contributed by atoms with Crippen molar-refractivity contribution in [3.63, 3.8) is 0 Å². The molecule has 0 bridgehead atoms. The van der Waals surface area contributed by atoms with Crippen molar-refractivity contribution < 1.29 is 70.7 Å². The van der Waals surface area contributed by atoms with Gasteiger partial charge in [0.15, 0.2) is 46.0 Å². The summed E-state index contributed by atoms with van der Waals surface area (Å²) in [5.41, 5.74) is 17.5. The standard InChI is InChI=1S/C23H19N3OS.C20H22N2O3.C19H19BrN2O3.2C19H20N2O4/c1-15-19(16-6-3-2-4-7-16)14-21(28-15)23-25-22(26-27-23)18-11-9-17(10-12-18)20-8-5-13-24-20;1-5-23-17-10-9-16(12-18(17)24-6-2)20-21-19(22-25-20)15-8-7-13(3)14(4)11-15;1-4-23-16-9-7-14(11-17(16)24-5-2)19-21-18(22-25-19)13-6-8-15(20)12(3)10-13;1-3-23-16-10-9-15(11-17(16)24-4-2)19-20-18(21-25-19)14-7-5-13(12-22)6-8-14;1-3-23-16-9-8-15(11-17(16)24-4-2)19-20-18(21-25-19)14-7-5-6-13(10-14)12-22/h2-4,6-7,9-12,14H,5,8,13H2,1H3;7-12H,5-6H2,1-4H3;6-11H,4-5H2,1-3H3;2*5-11,22H,3-4,12H2,1-2H3. The molecule has 2 N–H and O–H groups in total. The van der Waals surface area contributed by atoms with Crippen LogP contribution < -0.4 is 37.9 Å². The van der Waals surface area contributed by atoms with Crippen molar-refractivity contribution in [3.8, 4) is 171 Å². The molecule has 0 spiro atoms. The number of halogens is 1. The van der Waals surface area contributed by atoms with E-state index in [1.807, 2.05) is 226 Å². The fourth-order valence-electron chi connectivity index (χ4n) is 13.3. The van der Waals surface area contributed by atoms with Crippen LogP contribution >= 0.6 is 27.3 Å². The van der Waals surface area contributed by atoms with Gasteiger partial charge in [0, 0.05) is 71.7 Å². The topological polar surface area (TPSA) is 321 Å². The molecule has 16 aromatic rings. The lowest BCUT2D eigenvalue weighted by molar-refractivity contribution is 0.281. The van der Waals surface area contributed by atoms with E-state index in [0.717, 1.165) is 95.5 Å². The Morgan fingerprint density at radius 1 is 0.312 bits per heavy atom. The largest absolute Gasteiger partial charge is 0.490 e. The number of thiophene rings is 1. The minimum absolute atomic E-state index is 0.00413. The summed E-state index contributed by atoms with van der Waals surface area (Å²) in [6.45, 7) is 29.1. The van der Waals surface area contributed by atoms with E-state index in [-0.39, 0.29) is 13.2 Å². The predicted octanol–water partition coefficient (Wildman–Crippen LogP) is 23.5. The number of benzene rings is 10. The van der Waals surface area contributed by atoms with Gasteiger partial charge < -0.3 is 70.7 Å². The first-order valence-corrected chi connectivity index (χ1v) is 44.0. The van der Waals surface area contributed by atoms with Crippen LogP contribution in [0.4, 0.5) is 0 Å². The van der Waals surface area contributed by atoms with Gasteiger partial charge in [0.05, 0.1) is 70.9 Å². The lowest BCUT2D eigenvalue weighted by Crippen LogP contribution is -1.98. The number of nitrogens with zero attached hydrogens (tertiary/aromatic N) is 11. The van der Waals surface area contributed by atoms with Crippen molar-refractivity contribution in [1.82, 2.24) is 50.7 Å². The maximum atomic E-state index is 9.25. The second-order valence-corrected chi connectivity index (χ2v) is 30.8. The van der Waals surface area contributed by atoms with E-state index in [4.69, 9.17) is 65.6 Å². The van der Waals surface area contributed by atoms with E-state index < -0.39 is 0 Å². The van der Waals surface area contributed by atoms with Gasteiger partial charge >= 0.3 is 0 Å². The number of rotatable bonds is 30. The van der Waals surface area contributed by atoms with Crippen molar-refractivity contribution in [3.05, 3.63) is 261 Å². The molecule has 1 aliphatic rings. The van der Waals surface area contributed by atoms with Crippen LogP contribution in [0.5, 0.6) is 46.0 Å². The summed E-state index contributed by atoms with van der Waals surface area (Å²) in [4.78, 5) is 29.3. The van der Waals surface area contributed by atoms with Gasteiger partial charge in [-0.1, -0.05) is 151 Å². The molecule has 6 aromatic heterocycles. The fraction of sp³-hybridized carbons (Fsp3) is 0.250. The second-order valence-electron chi connectivity index (χ2n) is 28.7. The van der Waals surface area contributed by atoms with Crippen LogP contribution in [-0.4, -0.2) is 126 Å². The zero-order chi connectivity index (χ0) is 89.8. The van der Waals surface area contributed by atoms with E-state index in [1.165, 1.54) is 38.4 Å². The molecule has 658 valence electrons. The van der Waals surface area contributed by atoms with Gasteiger partial charge in [-0.05, 0) is 250 Å². The quantitative estimate of drug-likeness (QED) is 0.0422. The summed E-state index contributed by atoms with van der Waals surface area (Å²) in [5.74, 6) is 10.4. The normalized spacial score (nSPS) is 11.4. The molecular formula is C100H100BrN11O15S. The SMILES string of the molecule is CCOc1ccc(-c2nc(-c3ccc(Br)c(C)c3)no2)cc1OCC.CCOc1ccc(-c2nc(-c3ccc(C)c(C)c3)no2)cc1OCC.CCOc1ccc(-c2nc(-c3ccc(CO)cc3)no2)cc1OCC.CCOc1ccc(-c2nc(-c3cccc(CO)c3)no2)cc1OCC.Cc1sc(-c2nc(-c3ccc(C4=NCCC4)cc3)no2)cc1-c1ccccc1. The van der Waals surface area contributed by atoms with Crippen molar-refractivity contribution in [1.29, 1.82) is 0 Å². The molecule has 10 aromatic carbocycles. The van der Waals surface area contributed by atoms with Crippen LogP contribution in [-0.2, 0) is 13.2 Å². The minimum atomic E-state index is -0.0326. The number of aliphatic imine (C=N–C) groups is 1. The molecule has 28 heteroatoms. The molecular weight excluding hydrogens is 1710 g/mol. The number of aryl methyl sites for hydroxylation is 4. The minimum Gasteiger partial charge on any atom is -0.490 e. The van der Waals surface area contributed by atoms with Gasteiger partial charge in [-0.15, -0.1) is 11.3 Å². The highest BCUT2D eigenvalue weighted by atomic mass is 79.9. The third-order valence-corrected chi connectivity index (χ3v) is 21.7. The van der Waals surface area contributed by atoms with E-state index in [1.54, 1.807) is 11.3 Å². The second kappa shape index (κ2) is 45.3. The Kier molecular flexibility index (Phi) is 32.5. The summed E-state index contributed by atoms with van der Waals surface area (Å²) in [6.07, 6.45) is 2.21. The monoisotopic (exact) mass is 1810 g/mol. The van der Waals surface area contributed by atoms with Crippen LogP contribution in [0.15, 0.2) is 250 Å². The lowest BCUT2D eigenvalue weighted by Gasteiger charge is -2.11. The maximum absolute atomic E-state index is 9.25. The number of aliphatic hydroxyl groups excluding tert-OH is 2. The van der Waals surface area contributed by atoms with Gasteiger partial charge in [-0.2, -0.15) is 24.9 Å². The first kappa shape index (κ1) is 91.8. The van der Waals surface area contributed by atoms with Crippen molar-refractivity contribution in [2.75, 3.05) is 59.4 Å². The van der Waals surface area contributed by atoms with Gasteiger partial charge in [-0.25, -0.2) is 0 Å². The predicted molar refractivity (Wildman–Crippen MR) is 498 cm³/mol. The third-order valence-electron chi connectivity index (χ3n) is 19.8. The summed E-state index contributed by atoms with van der Waals surface area (Å²) >= 11 is 5.17. The van der Waals surface area contributed by atoms with Crippen LogP contribution in [0.3, 0.4) is 0 Å². The van der Waals surface area contributed by atoms with Gasteiger partial charge in [0.2, 0.25) is 29.1 Å². The Bertz CT molecular complexity index is 6180. The molecule has 7 heterocycles. The molecule has 128 heavy (non-hydrogen) atoms. The zero-order valence-electron chi connectivity index (χ0n) is 73.4. The fourth-order valence-corrected chi connectivity index (χ4v) is 14.5. The van der Waals surface area contributed by atoms with Crippen molar-refractivity contribution in [2.24, 2.45) is 4.99 Å². The average Bonchev–Trinajstić information content (AvgIpc) is 1.67. The Morgan fingerprint density at radius 2 is 0.664 bits per heavy atom. The molecule has 1 aliphatic heterocycles. The number of aromatic nitrogens is 10. The molecule has 0 aliphatic carbocycles. The zero-order valence-corrected chi connectivity index (χ0v) is 75.8. The highest BCUT2D eigenvalue weighted by Gasteiger charge is 2.23. The Labute approximate surface area is 755 Å². The highest BCUT2D eigenvalue weighted by Crippen LogP contribution is 2.41. The number of hydrogen-bond donors (Lipinski definition) is 2. The van der Waals surface area contributed by atoms with Crippen molar-refractivity contribution in [2.45, 2.75) is 109 Å². The highest BCUT2D eigenvalue weighted by molar-refractivity contribution is 9.10. The summed E-state index contributed by atoms with van der Waals surface area (Å²) < 4.78 is 73.2. The van der Waals surface area contributed by atoms with Crippen LogP contribution in [0.2, 0.25) is 0 Å². The summed E-state index contributed by atoms with van der Waals surface area (Å²) in [6, 6.07) is 69.9. The van der Waals surface area contributed by atoms with E-state index >= 15 is 0 Å². The summed E-state index contributed by atoms with van der Waals surface area (Å²) in [5, 5.41) is 38.8. The first-order chi connectivity index (χ1) is 62.5. The molecule has 26 nitrogen and oxygen atoms in total. The molecule has 0 saturated carbocycles.